The molecule has 25 heavy (non-hydrogen) atoms. The lowest BCUT2D eigenvalue weighted by Gasteiger charge is -2.14. The largest absolute Gasteiger partial charge is 0.289 e. The third-order valence-corrected chi connectivity index (χ3v) is 5.40. The van der Waals surface area contributed by atoms with Gasteiger partial charge in [-0.05, 0) is 41.2 Å². The summed E-state index contributed by atoms with van der Waals surface area (Å²) in [6, 6.07) is 14.1. The highest BCUT2D eigenvalue weighted by Gasteiger charge is 2.39. The first-order valence-electron chi connectivity index (χ1n) is 8.29. The summed E-state index contributed by atoms with van der Waals surface area (Å²) < 4.78 is 13.0. The summed E-state index contributed by atoms with van der Waals surface area (Å²) in [7, 11) is 0. The lowest BCUT2D eigenvalue weighted by atomic mass is 10.00. The Morgan fingerprint density at radius 3 is 2.20 bits per heavy atom. The van der Waals surface area contributed by atoms with Crippen LogP contribution in [0.2, 0.25) is 0 Å². The zero-order chi connectivity index (χ0) is 18.0. The van der Waals surface area contributed by atoms with E-state index in [9.17, 15) is 14.0 Å². The minimum Gasteiger partial charge on any atom is -0.273 e. The predicted octanol–water partition coefficient (Wildman–Crippen LogP) is 4.76. The lowest BCUT2D eigenvalue weighted by Crippen LogP contribution is -2.31. The van der Waals surface area contributed by atoms with E-state index < -0.39 is 5.25 Å². The van der Waals surface area contributed by atoms with Crippen molar-refractivity contribution in [3.63, 3.8) is 0 Å². The van der Waals surface area contributed by atoms with Gasteiger partial charge in [0, 0.05) is 0 Å². The molecule has 5 heteroatoms. The van der Waals surface area contributed by atoms with Crippen LogP contribution in [0.25, 0.3) is 0 Å². The molecular formula is C20H20FNO2S. The van der Waals surface area contributed by atoms with Gasteiger partial charge in [-0.25, -0.2) is 4.39 Å². The van der Waals surface area contributed by atoms with Crippen LogP contribution in [-0.4, -0.2) is 21.3 Å². The summed E-state index contributed by atoms with van der Waals surface area (Å²) in [6.45, 7) is 4.46. The summed E-state index contributed by atoms with van der Waals surface area (Å²) in [6.07, 6.45) is 0.535. The molecule has 0 aliphatic carbocycles. The van der Waals surface area contributed by atoms with Crippen LogP contribution in [0, 0.1) is 5.82 Å². The highest BCUT2D eigenvalue weighted by Crippen LogP contribution is 2.31. The Morgan fingerprint density at radius 2 is 1.60 bits per heavy atom. The van der Waals surface area contributed by atoms with Crippen LogP contribution < -0.4 is 0 Å². The first kappa shape index (κ1) is 17.7. The summed E-state index contributed by atoms with van der Waals surface area (Å²) in [5.74, 6) is -0.0449. The van der Waals surface area contributed by atoms with Gasteiger partial charge in [0.2, 0.25) is 5.91 Å². The molecule has 1 aliphatic rings. The van der Waals surface area contributed by atoms with Crippen molar-refractivity contribution in [1.82, 2.24) is 4.90 Å². The molecule has 0 unspecified atom stereocenters. The van der Waals surface area contributed by atoms with E-state index in [0.29, 0.717) is 12.3 Å². The fourth-order valence-electron chi connectivity index (χ4n) is 2.80. The van der Waals surface area contributed by atoms with Gasteiger partial charge in [-0.1, -0.05) is 62.0 Å². The minimum absolute atomic E-state index is 0.174. The van der Waals surface area contributed by atoms with Crippen molar-refractivity contribution >= 4 is 22.9 Å². The summed E-state index contributed by atoms with van der Waals surface area (Å²) in [4.78, 5) is 26.0. The molecule has 0 aromatic heterocycles. The molecule has 0 saturated carbocycles. The van der Waals surface area contributed by atoms with E-state index in [4.69, 9.17) is 0 Å². The Hall–Kier alpha value is -2.14. The second kappa shape index (κ2) is 7.40. The number of amides is 2. The molecular weight excluding hydrogens is 337 g/mol. The molecule has 1 heterocycles. The van der Waals surface area contributed by atoms with E-state index in [1.54, 1.807) is 12.1 Å². The topological polar surface area (TPSA) is 37.4 Å². The number of rotatable bonds is 5. The number of carbonyl (C=O) groups excluding carboxylic acids is 2. The quantitative estimate of drug-likeness (QED) is 0.774. The van der Waals surface area contributed by atoms with Gasteiger partial charge < -0.3 is 0 Å². The average Bonchev–Trinajstić information content (AvgIpc) is 2.85. The van der Waals surface area contributed by atoms with Crippen LogP contribution in [0.4, 0.5) is 9.18 Å². The standard InChI is InChI=1S/C20H20FNO2S/c1-13(2)16-7-3-14(4-8-16)11-18-19(23)22(20(24)25-18)12-15-5-9-17(21)10-6-15/h3-10,13,18H,11-12H2,1-2H3/t18-/m1/s1. The number of nitrogens with zero attached hydrogens (tertiary/aromatic N) is 1. The Kier molecular flexibility index (Phi) is 5.23. The molecule has 1 aliphatic heterocycles. The second-order valence-corrected chi connectivity index (χ2v) is 7.68. The molecule has 130 valence electrons. The maximum absolute atomic E-state index is 13.0. The normalized spacial score (nSPS) is 17.6. The molecule has 0 bridgehead atoms. The number of thioether (sulfide) groups is 1. The van der Waals surface area contributed by atoms with E-state index in [0.717, 1.165) is 22.9 Å². The molecule has 0 radical (unpaired) electrons. The van der Waals surface area contributed by atoms with E-state index in [1.807, 2.05) is 12.1 Å². The van der Waals surface area contributed by atoms with Crippen LogP contribution in [0.3, 0.4) is 0 Å². The SMILES string of the molecule is CC(C)c1ccc(C[C@H]2SC(=O)N(Cc3ccc(F)cc3)C2=O)cc1. The Morgan fingerprint density at radius 1 is 1.00 bits per heavy atom. The average molecular weight is 357 g/mol. The van der Waals surface area contributed by atoms with Gasteiger partial charge in [-0.15, -0.1) is 0 Å². The number of hydrogen-bond acceptors (Lipinski definition) is 3. The molecule has 1 fully saturated rings. The van der Waals surface area contributed by atoms with Crippen LogP contribution >= 0.6 is 11.8 Å². The fourth-order valence-corrected chi connectivity index (χ4v) is 3.83. The maximum atomic E-state index is 13.0. The molecule has 1 saturated heterocycles. The number of benzene rings is 2. The monoisotopic (exact) mass is 357 g/mol. The van der Waals surface area contributed by atoms with Crippen molar-refractivity contribution in [2.24, 2.45) is 0 Å². The Bertz CT molecular complexity index is 771. The van der Waals surface area contributed by atoms with Crippen molar-refractivity contribution in [3.8, 4) is 0 Å². The van der Waals surface area contributed by atoms with E-state index in [1.165, 1.54) is 22.6 Å². The highest BCUT2D eigenvalue weighted by molar-refractivity contribution is 8.15. The molecule has 3 rings (SSSR count). The summed E-state index contributed by atoms with van der Waals surface area (Å²) >= 11 is 1.07. The number of hydrogen-bond donors (Lipinski definition) is 0. The van der Waals surface area contributed by atoms with E-state index in [-0.39, 0.29) is 23.5 Å². The van der Waals surface area contributed by atoms with Crippen molar-refractivity contribution < 1.29 is 14.0 Å². The van der Waals surface area contributed by atoms with Crippen molar-refractivity contribution in [2.75, 3.05) is 0 Å². The van der Waals surface area contributed by atoms with Gasteiger partial charge in [0.15, 0.2) is 0 Å². The third kappa shape index (κ3) is 4.10. The van der Waals surface area contributed by atoms with Crippen molar-refractivity contribution in [2.45, 2.75) is 38.0 Å². The van der Waals surface area contributed by atoms with Gasteiger partial charge in [-0.2, -0.15) is 0 Å². The van der Waals surface area contributed by atoms with Gasteiger partial charge >= 0.3 is 0 Å². The molecule has 1 atom stereocenters. The van der Waals surface area contributed by atoms with E-state index >= 15 is 0 Å². The summed E-state index contributed by atoms with van der Waals surface area (Å²) in [5.41, 5.74) is 3.04. The smallest absolute Gasteiger partial charge is 0.273 e. The van der Waals surface area contributed by atoms with Gasteiger partial charge in [-0.3, -0.25) is 14.5 Å². The minimum atomic E-state index is -0.391. The first-order valence-corrected chi connectivity index (χ1v) is 9.17. The Labute approximate surface area is 151 Å². The molecule has 3 nitrogen and oxygen atoms in total. The summed E-state index contributed by atoms with van der Waals surface area (Å²) in [5, 5.41) is -0.629. The predicted molar refractivity (Wildman–Crippen MR) is 98.0 cm³/mol. The maximum Gasteiger partial charge on any atom is 0.289 e. The number of carbonyl (C=O) groups is 2. The molecule has 0 N–H and O–H groups in total. The van der Waals surface area contributed by atoms with Gasteiger partial charge in [0.05, 0.1) is 11.8 Å². The molecule has 2 amide bonds. The highest BCUT2D eigenvalue weighted by atomic mass is 32.2. The van der Waals surface area contributed by atoms with Crippen molar-refractivity contribution in [1.29, 1.82) is 0 Å². The second-order valence-electron chi connectivity index (χ2n) is 6.52. The number of imide groups is 1. The zero-order valence-corrected chi connectivity index (χ0v) is 15.1. The fraction of sp³-hybridized carbons (Fsp3) is 0.300. The zero-order valence-electron chi connectivity index (χ0n) is 14.2. The first-order chi connectivity index (χ1) is 11.9. The van der Waals surface area contributed by atoms with Crippen molar-refractivity contribution in [3.05, 3.63) is 71.0 Å². The molecule has 2 aromatic rings. The molecule has 2 aromatic carbocycles. The number of halogens is 1. The van der Waals surface area contributed by atoms with E-state index in [2.05, 4.69) is 26.0 Å². The lowest BCUT2D eigenvalue weighted by molar-refractivity contribution is -0.127. The van der Waals surface area contributed by atoms with Gasteiger partial charge in [0.25, 0.3) is 5.24 Å². The third-order valence-electron chi connectivity index (χ3n) is 4.33. The van der Waals surface area contributed by atoms with Crippen LogP contribution in [-0.2, 0) is 17.8 Å². The van der Waals surface area contributed by atoms with Crippen LogP contribution in [0.15, 0.2) is 48.5 Å². The van der Waals surface area contributed by atoms with Crippen LogP contribution in [0.1, 0.15) is 36.5 Å². The van der Waals surface area contributed by atoms with Crippen LogP contribution in [0.5, 0.6) is 0 Å². The van der Waals surface area contributed by atoms with Gasteiger partial charge in [0.1, 0.15) is 5.82 Å². The molecule has 0 spiro atoms. The Balaban J connectivity index is 1.67.